The van der Waals surface area contributed by atoms with Gasteiger partial charge in [-0.05, 0) is 63.4 Å². The number of hydrogen-bond acceptors (Lipinski definition) is 7. The third-order valence-corrected chi connectivity index (χ3v) is 13.2. The number of hydrogen-bond donors (Lipinski definition) is 1. The molecule has 11 heteroatoms. The van der Waals surface area contributed by atoms with E-state index in [9.17, 15) is 19.2 Å². The van der Waals surface area contributed by atoms with E-state index < -0.39 is 37.7 Å². The van der Waals surface area contributed by atoms with Gasteiger partial charge >= 0.3 is 11.7 Å². The van der Waals surface area contributed by atoms with Crippen molar-refractivity contribution >= 4 is 41.7 Å². The molecule has 0 unspecified atom stereocenters. The standard InChI is InChI=1S/C30H43N3O6SSi/c1-20-23-26(36)33(19-22(34)39-29(2,3)4)28(37)32(17-15-21-13-11-10-12-14-21)27(23)40-24(20)25(35)31-16-18-38-41(8,9)30(5,6)7/h10-14H,15-19H2,1-9H3,(H,31,35). The monoisotopic (exact) mass is 601 g/mol. The first-order valence-corrected chi connectivity index (χ1v) is 17.6. The number of carbonyl (C=O) groups is 2. The van der Waals surface area contributed by atoms with E-state index in [1.165, 1.54) is 4.57 Å². The van der Waals surface area contributed by atoms with Gasteiger partial charge in [-0.2, -0.15) is 0 Å². The highest BCUT2D eigenvalue weighted by atomic mass is 32.1. The Balaban J connectivity index is 1.98. The Morgan fingerprint density at radius 3 is 2.22 bits per heavy atom. The van der Waals surface area contributed by atoms with E-state index >= 15 is 0 Å². The lowest BCUT2D eigenvalue weighted by molar-refractivity contribution is -0.155. The minimum absolute atomic E-state index is 0.0572. The third-order valence-electron chi connectivity index (χ3n) is 7.33. The van der Waals surface area contributed by atoms with Crippen molar-refractivity contribution in [2.45, 2.75) is 91.7 Å². The van der Waals surface area contributed by atoms with Crippen LogP contribution in [0.5, 0.6) is 0 Å². The molecule has 0 spiro atoms. The molecule has 0 saturated carbocycles. The molecule has 9 nitrogen and oxygen atoms in total. The minimum atomic E-state index is -1.96. The molecule has 41 heavy (non-hydrogen) atoms. The van der Waals surface area contributed by atoms with E-state index in [4.69, 9.17) is 9.16 Å². The van der Waals surface area contributed by atoms with Gasteiger partial charge in [0.15, 0.2) is 8.32 Å². The molecule has 0 aliphatic heterocycles. The maximum Gasteiger partial charge on any atom is 0.332 e. The van der Waals surface area contributed by atoms with E-state index in [-0.39, 0.29) is 22.9 Å². The summed E-state index contributed by atoms with van der Waals surface area (Å²) in [6.07, 6.45) is 0.532. The number of esters is 1. The smallest absolute Gasteiger partial charge is 0.332 e. The average molecular weight is 602 g/mol. The maximum absolute atomic E-state index is 13.6. The van der Waals surface area contributed by atoms with Crippen LogP contribution >= 0.6 is 11.3 Å². The Morgan fingerprint density at radius 2 is 1.63 bits per heavy atom. The molecule has 2 aromatic heterocycles. The molecular weight excluding hydrogens is 558 g/mol. The molecule has 224 valence electrons. The molecule has 0 saturated heterocycles. The number of benzene rings is 1. The number of aryl methyl sites for hydroxylation is 3. The van der Waals surface area contributed by atoms with Gasteiger partial charge in [0.1, 0.15) is 17.0 Å². The van der Waals surface area contributed by atoms with Crippen molar-refractivity contribution in [3.05, 3.63) is 67.2 Å². The quantitative estimate of drug-likeness (QED) is 0.202. The molecular formula is C30H43N3O6SSi. The molecule has 1 amide bonds. The van der Waals surface area contributed by atoms with Crippen LogP contribution in [0.25, 0.3) is 10.2 Å². The van der Waals surface area contributed by atoms with Crippen molar-refractivity contribution in [1.29, 1.82) is 0 Å². The fraction of sp³-hybridized carbons (Fsp3) is 0.533. The van der Waals surface area contributed by atoms with Crippen LogP contribution in [0.4, 0.5) is 0 Å². The van der Waals surface area contributed by atoms with E-state index in [2.05, 4.69) is 39.2 Å². The first-order valence-electron chi connectivity index (χ1n) is 13.9. The molecule has 1 aromatic carbocycles. The first kappa shape index (κ1) is 32.5. The molecule has 0 aliphatic rings. The molecule has 0 fully saturated rings. The van der Waals surface area contributed by atoms with Crippen molar-refractivity contribution in [3.63, 3.8) is 0 Å². The van der Waals surface area contributed by atoms with Gasteiger partial charge in [-0.15, -0.1) is 11.3 Å². The fourth-order valence-electron chi connectivity index (χ4n) is 4.10. The number of rotatable bonds is 10. The lowest BCUT2D eigenvalue weighted by atomic mass is 10.1. The van der Waals surface area contributed by atoms with Crippen LogP contribution in [-0.4, -0.2) is 48.1 Å². The second-order valence-electron chi connectivity index (χ2n) is 12.7. The van der Waals surface area contributed by atoms with Crippen molar-refractivity contribution in [2.75, 3.05) is 13.2 Å². The van der Waals surface area contributed by atoms with Crippen LogP contribution in [-0.2, 0) is 33.5 Å². The lowest BCUT2D eigenvalue weighted by Gasteiger charge is -2.36. The predicted octanol–water partition coefficient (Wildman–Crippen LogP) is 4.87. The van der Waals surface area contributed by atoms with Crippen LogP contribution in [0, 0.1) is 6.92 Å². The summed E-state index contributed by atoms with van der Waals surface area (Å²) in [5.41, 5.74) is -0.495. The fourth-order valence-corrected chi connectivity index (χ4v) is 6.38. The zero-order valence-corrected chi connectivity index (χ0v) is 27.5. The Labute approximate surface area is 246 Å². The van der Waals surface area contributed by atoms with E-state index in [1.807, 2.05) is 30.3 Å². The first-order chi connectivity index (χ1) is 18.9. The lowest BCUT2D eigenvalue weighted by Crippen LogP contribution is -2.43. The number of fused-ring (bicyclic) bond motifs is 1. The third kappa shape index (κ3) is 7.84. The van der Waals surface area contributed by atoms with Crippen LogP contribution in [0.15, 0.2) is 39.9 Å². The highest BCUT2D eigenvalue weighted by molar-refractivity contribution is 7.20. The number of amides is 1. The summed E-state index contributed by atoms with van der Waals surface area (Å²) in [6.45, 7) is 18.1. The molecule has 1 N–H and O–H groups in total. The summed E-state index contributed by atoms with van der Waals surface area (Å²) < 4.78 is 14.0. The second kappa shape index (κ2) is 12.5. The number of ether oxygens (including phenoxy) is 1. The summed E-state index contributed by atoms with van der Waals surface area (Å²) in [5, 5.41) is 3.22. The van der Waals surface area contributed by atoms with E-state index in [0.717, 1.165) is 21.5 Å². The highest BCUT2D eigenvalue weighted by Gasteiger charge is 2.37. The van der Waals surface area contributed by atoms with Gasteiger partial charge in [0.25, 0.3) is 11.5 Å². The largest absolute Gasteiger partial charge is 0.459 e. The van der Waals surface area contributed by atoms with Gasteiger partial charge in [0.2, 0.25) is 0 Å². The van der Waals surface area contributed by atoms with Crippen LogP contribution in [0.1, 0.15) is 62.3 Å². The Hall–Kier alpha value is -3.02. The summed E-state index contributed by atoms with van der Waals surface area (Å²) in [4.78, 5) is 53.9. The summed E-state index contributed by atoms with van der Waals surface area (Å²) in [6, 6.07) is 9.68. The summed E-state index contributed by atoms with van der Waals surface area (Å²) in [7, 11) is -1.96. The van der Waals surface area contributed by atoms with Gasteiger partial charge in [-0.1, -0.05) is 51.1 Å². The normalized spacial score (nSPS) is 12.5. The van der Waals surface area contributed by atoms with Crippen LogP contribution in [0.2, 0.25) is 18.1 Å². The maximum atomic E-state index is 13.6. The predicted molar refractivity (Wildman–Crippen MR) is 167 cm³/mol. The summed E-state index contributed by atoms with van der Waals surface area (Å²) >= 11 is 1.12. The zero-order valence-electron chi connectivity index (χ0n) is 25.7. The molecule has 0 aliphatic carbocycles. The van der Waals surface area contributed by atoms with E-state index in [1.54, 1.807) is 27.7 Å². The molecule has 2 heterocycles. The van der Waals surface area contributed by atoms with Crippen LogP contribution < -0.4 is 16.6 Å². The molecule has 0 radical (unpaired) electrons. The van der Waals surface area contributed by atoms with Gasteiger partial charge in [-0.25, -0.2) is 9.36 Å². The number of carbonyl (C=O) groups excluding carboxylic acids is 2. The number of aromatic nitrogens is 2. The van der Waals surface area contributed by atoms with Crippen LogP contribution in [0.3, 0.4) is 0 Å². The van der Waals surface area contributed by atoms with Crippen molar-refractivity contribution in [2.24, 2.45) is 0 Å². The summed E-state index contributed by atoms with van der Waals surface area (Å²) in [5.74, 6) is -1.01. The average Bonchev–Trinajstić information content (AvgIpc) is 3.20. The van der Waals surface area contributed by atoms with Gasteiger partial charge in [0.05, 0.1) is 16.9 Å². The Morgan fingerprint density at radius 1 is 1.00 bits per heavy atom. The second-order valence-corrected chi connectivity index (χ2v) is 18.6. The van der Waals surface area contributed by atoms with E-state index in [0.29, 0.717) is 34.8 Å². The topological polar surface area (TPSA) is 109 Å². The molecule has 3 rings (SSSR count). The molecule has 0 bridgehead atoms. The minimum Gasteiger partial charge on any atom is -0.459 e. The van der Waals surface area contributed by atoms with Crippen molar-refractivity contribution < 1.29 is 18.8 Å². The molecule has 3 aromatic rings. The Bertz CT molecular complexity index is 1520. The van der Waals surface area contributed by atoms with Crippen molar-refractivity contribution in [3.8, 4) is 0 Å². The number of nitrogens with one attached hydrogen (secondary N) is 1. The number of thiophene rings is 1. The Kier molecular flexibility index (Phi) is 9.87. The highest BCUT2D eigenvalue weighted by Crippen LogP contribution is 2.36. The van der Waals surface area contributed by atoms with Gasteiger partial charge in [-0.3, -0.25) is 19.0 Å². The number of nitrogens with zero attached hydrogens (tertiary/aromatic N) is 2. The SMILES string of the molecule is Cc1c(C(=O)NCCO[Si](C)(C)C(C)(C)C)sc2c1c(=O)n(CC(=O)OC(C)(C)C)c(=O)n2CCc1ccccc1. The zero-order chi connectivity index (χ0) is 30.8. The molecule has 0 atom stereocenters. The van der Waals surface area contributed by atoms with Crippen molar-refractivity contribution in [1.82, 2.24) is 14.5 Å². The van der Waals surface area contributed by atoms with Gasteiger partial charge < -0.3 is 14.5 Å². The van der Waals surface area contributed by atoms with Gasteiger partial charge in [0, 0.05) is 13.1 Å².